The fraction of sp³-hybridized carbons (Fsp3) is 0.464. The Morgan fingerprint density at radius 2 is 1.82 bits per heavy atom. The predicted octanol–water partition coefficient (Wildman–Crippen LogP) is 4.60. The third-order valence-electron chi connectivity index (χ3n) is 7.15. The van der Waals surface area contributed by atoms with E-state index in [0.717, 1.165) is 42.0 Å². The van der Waals surface area contributed by atoms with Gasteiger partial charge in [0.05, 0.1) is 6.61 Å². The molecule has 3 N–H and O–H groups in total. The highest BCUT2D eigenvalue weighted by atomic mass is 32.2. The number of H-pyrrole nitrogens is 1. The summed E-state index contributed by atoms with van der Waals surface area (Å²) >= 11 is 1.43. The first-order valence-electron chi connectivity index (χ1n) is 13.8. The topological polar surface area (TPSA) is 128 Å². The molecule has 0 bridgehead atoms. The molecule has 0 atom stereocenters. The molecule has 3 heterocycles. The Hall–Kier alpha value is -3.80. The summed E-state index contributed by atoms with van der Waals surface area (Å²) in [4.78, 5) is 39.1. The molecule has 3 aromatic rings. The summed E-state index contributed by atoms with van der Waals surface area (Å²) in [6, 6.07) is 9.65. The van der Waals surface area contributed by atoms with Crippen molar-refractivity contribution in [3.05, 3.63) is 36.0 Å². The lowest BCUT2D eigenvalue weighted by Gasteiger charge is -2.35. The number of anilines is 4. The van der Waals surface area contributed by atoms with E-state index in [1.165, 1.54) is 11.8 Å². The van der Waals surface area contributed by atoms with Crippen molar-refractivity contribution in [1.29, 1.82) is 0 Å². The summed E-state index contributed by atoms with van der Waals surface area (Å²) < 4.78 is 6.08. The average Bonchev–Trinajstić information content (AvgIpc) is 3.63. The van der Waals surface area contributed by atoms with Crippen LogP contribution in [0.3, 0.4) is 0 Å². The predicted molar refractivity (Wildman–Crippen MR) is 155 cm³/mol. The second kappa shape index (κ2) is 12.6. The van der Waals surface area contributed by atoms with Crippen LogP contribution >= 0.6 is 11.8 Å². The average molecular weight is 565 g/mol. The fourth-order valence-electron chi connectivity index (χ4n) is 5.02. The molecule has 2 aromatic heterocycles. The number of rotatable bonds is 9. The van der Waals surface area contributed by atoms with E-state index in [2.05, 4.69) is 25.7 Å². The molecule has 1 saturated carbocycles. The van der Waals surface area contributed by atoms with Crippen LogP contribution in [-0.2, 0) is 9.59 Å². The van der Waals surface area contributed by atoms with Crippen molar-refractivity contribution in [3.63, 3.8) is 0 Å². The van der Waals surface area contributed by atoms with Crippen LogP contribution in [0.1, 0.15) is 45.2 Å². The van der Waals surface area contributed by atoms with Gasteiger partial charge in [0, 0.05) is 61.4 Å². The normalized spacial score (nSPS) is 15.8. The Balaban J connectivity index is 1.40. The van der Waals surface area contributed by atoms with E-state index >= 15 is 0 Å². The number of piperazine rings is 1. The Labute approximate surface area is 238 Å². The fourth-order valence-corrected chi connectivity index (χ4v) is 5.77. The highest BCUT2D eigenvalue weighted by Gasteiger charge is 2.27. The summed E-state index contributed by atoms with van der Waals surface area (Å²) in [6.07, 6.45) is 4.19. The van der Waals surface area contributed by atoms with Gasteiger partial charge in [-0.3, -0.25) is 14.7 Å². The van der Waals surface area contributed by atoms with Crippen LogP contribution in [0.2, 0.25) is 0 Å². The van der Waals surface area contributed by atoms with Crippen molar-refractivity contribution < 1.29 is 14.3 Å². The van der Waals surface area contributed by atoms with Gasteiger partial charge in [0.15, 0.2) is 22.6 Å². The maximum absolute atomic E-state index is 12.5. The van der Waals surface area contributed by atoms with Gasteiger partial charge in [-0.25, -0.2) is 9.97 Å². The molecule has 0 unspecified atom stereocenters. The number of benzene rings is 1. The quantitative estimate of drug-likeness (QED) is 0.320. The highest BCUT2D eigenvalue weighted by molar-refractivity contribution is 7.99. The number of aryl methyl sites for hydroxylation is 1. The molecule has 5 rings (SSSR count). The van der Waals surface area contributed by atoms with E-state index in [4.69, 9.17) is 14.7 Å². The third-order valence-corrected chi connectivity index (χ3v) is 8.02. The van der Waals surface area contributed by atoms with Gasteiger partial charge in [-0.2, -0.15) is 5.10 Å². The number of nitrogens with one attached hydrogen (secondary N) is 3. The molecule has 12 heteroatoms. The van der Waals surface area contributed by atoms with Gasteiger partial charge in [0.25, 0.3) is 0 Å². The molecule has 2 fully saturated rings. The maximum Gasteiger partial charge on any atom is 0.227 e. The van der Waals surface area contributed by atoms with E-state index in [0.29, 0.717) is 61.1 Å². The van der Waals surface area contributed by atoms with E-state index in [9.17, 15) is 9.59 Å². The largest absolute Gasteiger partial charge is 0.487 e. The summed E-state index contributed by atoms with van der Waals surface area (Å²) in [5, 5.41) is 14.1. The first-order valence-corrected chi connectivity index (χ1v) is 14.6. The lowest BCUT2D eigenvalue weighted by molar-refractivity contribution is -0.129. The van der Waals surface area contributed by atoms with Gasteiger partial charge in [-0.05, 0) is 62.7 Å². The molecule has 212 valence electrons. The van der Waals surface area contributed by atoms with E-state index in [-0.39, 0.29) is 17.7 Å². The van der Waals surface area contributed by atoms with Crippen LogP contribution < -0.4 is 20.3 Å². The Kier molecular flexibility index (Phi) is 8.73. The minimum absolute atomic E-state index is 0.0720. The standard InChI is InChI=1S/C28H36N8O3S/c1-4-39-24-25(30-23-17-18(2)33-34-23)31-28(32-26(24)36-15-13-35(14-16-36)19(3)37)40-22-11-9-21(10-12-22)29-27(38)20-7-5-6-8-20/h9-12,17,20H,4-8,13-16H2,1-3H3,(H,29,38)(H2,30,31,32,33,34). The molecule has 0 spiro atoms. The number of carbonyl (C=O) groups excluding carboxylic acids is 2. The molecule has 1 aliphatic carbocycles. The number of hydrogen-bond donors (Lipinski definition) is 3. The first kappa shape index (κ1) is 27.8. The number of carbonyl (C=O) groups is 2. The lowest BCUT2D eigenvalue weighted by atomic mass is 10.1. The first-order chi connectivity index (χ1) is 19.4. The van der Waals surface area contributed by atoms with Crippen molar-refractivity contribution >= 4 is 46.7 Å². The van der Waals surface area contributed by atoms with E-state index in [1.807, 2.05) is 49.1 Å². The van der Waals surface area contributed by atoms with Crippen LogP contribution in [0.15, 0.2) is 40.4 Å². The summed E-state index contributed by atoms with van der Waals surface area (Å²) in [6.45, 7) is 8.40. The molecule has 1 saturated heterocycles. The summed E-state index contributed by atoms with van der Waals surface area (Å²) in [7, 11) is 0. The van der Waals surface area contributed by atoms with Crippen molar-refractivity contribution in [2.24, 2.45) is 5.92 Å². The van der Waals surface area contributed by atoms with Crippen molar-refractivity contribution in [3.8, 4) is 5.75 Å². The molecule has 1 aromatic carbocycles. The van der Waals surface area contributed by atoms with Gasteiger partial charge in [0.2, 0.25) is 17.6 Å². The van der Waals surface area contributed by atoms with Crippen molar-refractivity contribution in [1.82, 2.24) is 25.1 Å². The number of aromatic nitrogens is 4. The van der Waals surface area contributed by atoms with Crippen molar-refractivity contribution in [2.45, 2.75) is 56.5 Å². The Morgan fingerprint density at radius 1 is 1.10 bits per heavy atom. The molecule has 2 aliphatic rings. The minimum atomic E-state index is 0.0720. The Bertz CT molecular complexity index is 1330. The SMILES string of the molecule is CCOc1c(Nc2cc(C)[nH]n2)nc(Sc2ccc(NC(=O)C3CCCC3)cc2)nc1N1CCN(C(C)=O)CC1. The summed E-state index contributed by atoms with van der Waals surface area (Å²) in [5.74, 6) is 2.67. The van der Waals surface area contributed by atoms with Crippen molar-refractivity contribution in [2.75, 3.05) is 48.3 Å². The van der Waals surface area contributed by atoms with Gasteiger partial charge in [-0.15, -0.1) is 0 Å². The second-order valence-electron chi connectivity index (χ2n) is 10.1. The Morgan fingerprint density at radius 3 is 2.45 bits per heavy atom. The van der Waals surface area contributed by atoms with Gasteiger partial charge < -0.3 is 25.2 Å². The van der Waals surface area contributed by atoms with Crippen LogP contribution in [0.5, 0.6) is 5.75 Å². The molecular weight excluding hydrogens is 528 g/mol. The van der Waals surface area contributed by atoms with E-state index < -0.39 is 0 Å². The minimum Gasteiger partial charge on any atom is -0.487 e. The van der Waals surface area contributed by atoms with Gasteiger partial charge in [0.1, 0.15) is 0 Å². The van der Waals surface area contributed by atoms with Crippen LogP contribution in [0.25, 0.3) is 0 Å². The second-order valence-corrected chi connectivity index (χ2v) is 11.1. The zero-order valence-corrected chi connectivity index (χ0v) is 24.0. The van der Waals surface area contributed by atoms with Crippen LogP contribution in [0.4, 0.5) is 23.1 Å². The number of nitrogens with zero attached hydrogens (tertiary/aromatic N) is 5. The highest BCUT2D eigenvalue weighted by Crippen LogP contribution is 2.39. The number of hydrogen-bond acceptors (Lipinski definition) is 9. The number of aromatic amines is 1. The van der Waals surface area contributed by atoms with E-state index in [1.54, 1.807) is 6.92 Å². The monoisotopic (exact) mass is 564 g/mol. The lowest BCUT2D eigenvalue weighted by Crippen LogP contribution is -2.48. The molecular formula is C28H36N8O3S. The number of amides is 2. The smallest absolute Gasteiger partial charge is 0.227 e. The zero-order valence-electron chi connectivity index (χ0n) is 23.2. The molecule has 11 nitrogen and oxygen atoms in total. The van der Waals surface area contributed by atoms with Gasteiger partial charge in [-0.1, -0.05) is 12.8 Å². The number of ether oxygens (including phenoxy) is 1. The molecule has 40 heavy (non-hydrogen) atoms. The molecule has 0 radical (unpaired) electrons. The molecule has 1 aliphatic heterocycles. The van der Waals surface area contributed by atoms with Crippen LogP contribution in [-0.4, -0.2) is 69.7 Å². The van der Waals surface area contributed by atoms with Crippen LogP contribution in [0, 0.1) is 12.8 Å². The zero-order chi connectivity index (χ0) is 28.1. The summed E-state index contributed by atoms with van der Waals surface area (Å²) in [5.41, 5.74) is 1.71. The molecule has 2 amide bonds. The third kappa shape index (κ3) is 6.67. The maximum atomic E-state index is 12.5. The van der Waals surface area contributed by atoms with Gasteiger partial charge >= 0.3 is 0 Å².